The van der Waals surface area contributed by atoms with Gasteiger partial charge in [0.2, 0.25) is 5.91 Å². The topological polar surface area (TPSA) is 109 Å². The predicted molar refractivity (Wildman–Crippen MR) is 66.7 cm³/mol. The Morgan fingerprint density at radius 1 is 1.22 bits per heavy atom. The molecule has 0 saturated carbocycles. The first-order valence-corrected chi connectivity index (χ1v) is 6.22. The van der Waals surface area contributed by atoms with Crippen molar-refractivity contribution < 1.29 is 19.5 Å². The Morgan fingerprint density at radius 3 is 2.44 bits per heavy atom. The van der Waals surface area contributed by atoms with Crippen molar-refractivity contribution >= 4 is 29.1 Å². The van der Waals surface area contributed by atoms with Gasteiger partial charge in [0.25, 0.3) is 5.91 Å². The van der Waals surface area contributed by atoms with E-state index in [9.17, 15) is 14.4 Å². The van der Waals surface area contributed by atoms with E-state index in [0.717, 1.165) is 11.3 Å². The maximum Gasteiger partial charge on any atom is 0.345 e. The highest BCUT2D eigenvalue weighted by Crippen LogP contribution is 2.16. The number of nitrogens with one attached hydrogen (secondary N) is 1. The van der Waals surface area contributed by atoms with Crippen LogP contribution in [0, 0.1) is 0 Å². The van der Waals surface area contributed by atoms with Crippen LogP contribution in [0.5, 0.6) is 0 Å². The minimum absolute atomic E-state index is 0.133. The van der Waals surface area contributed by atoms with Crippen molar-refractivity contribution in [2.24, 2.45) is 5.73 Å². The minimum atomic E-state index is -1.04. The second-order valence-corrected chi connectivity index (χ2v) is 4.73. The molecule has 7 heteroatoms. The van der Waals surface area contributed by atoms with Crippen molar-refractivity contribution in [3.8, 4) is 0 Å². The first-order chi connectivity index (χ1) is 8.50. The third-order valence-electron chi connectivity index (χ3n) is 2.18. The minimum Gasteiger partial charge on any atom is -0.477 e. The monoisotopic (exact) mass is 270 g/mol. The molecule has 1 rings (SSSR count). The average Bonchev–Trinajstić information content (AvgIpc) is 2.77. The van der Waals surface area contributed by atoms with Crippen LogP contribution in [-0.4, -0.2) is 29.4 Å². The number of carbonyl (C=O) groups is 3. The van der Waals surface area contributed by atoms with E-state index in [4.69, 9.17) is 10.8 Å². The molecule has 1 heterocycles. The molecule has 0 aliphatic heterocycles. The Hall–Kier alpha value is -1.89. The van der Waals surface area contributed by atoms with Crippen molar-refractivity contribution in [1.29, 1.82) is 0 Å². The zero-order valence-corrected chi connectivity index (χ0v) is 10.5. The van der Waals surface area contributed by atoms with E-state index in [2.05, 4.69) is 5.32 Å². The number of hydrogen-bond acceptors (Lipinski definition) is 4. The molecule has 18 heavy (non-hydrogen) atoms. The van der Waals surface area contributed by atoms with E-state index in [1.165, 1.54) is 12.1 Å². The van der Waals surface area contributed by atoms with E-state index in [0.29, 0.717) is 30.7 Å². The lowest BCUT2D eigenvalue weighted by Crippen LogP contribution is -2.23. The van der Waals surface area contributed by atoms with Gasteiger partial charge in [-0.1, -0.05) is 0 Å². The van der Waals surface area contributed by atoms with Gasteiger partial charge in [-0.15, -0.1) is 11.3 Å². The largest absolute Gasteiger partial charge is 0.477 e. The normalized spacial score (nSPS) is 10.0. The molecule has 0 aliphatic carbocycles. The molecule has 0 aliphatic rings. The molecule has 0 radical (unpaired) electrons. The Bertz CT molecular complexity index is 456. The standard InChI is InChI=1S/C11H14N2O4S/c12-9(14)3-1-2-6-13-10(15)7-4-5-8(18-7)11(16)17/h4-5H,1-3,6H2,(H2,12,14)(H,13,15)(H,16,17). The van der Waals surface area contributed by atoms with E-state index in [1.807, 2.05) is 0 Å². The van der Waals surface area contributed by atoms with Crippen LogP contribution in [0.1, 0.15) is 38.6 Å². The second kappa shape index (κ2) is 6.75. The van der Waals surface area contributed by atoms with Crippen LogP contribution in [0.3, 0.4) is 0 Å². The van der Waals surface area contributed by atoms with Crippen LogP contribution in [0.25, 0.3) is 0 Å². The molecule has 0 spiro atoms. The van der Waals surface area contributed by atoms with Crippen LogP contribution in [0.2, 0.25) is 0 Å². The summed E-state index contributed by atoms with van der Waals surface area (Å²) < 4.78 is 0. The number of thiophene rings is 1. The number of amides is 2. The van der Waals surface area contributed by atoms with Gasteiger partial charge in [-0.25, -0.2) is 4.79 Å². The number of aromatic carboxylic acids is 1. The van der Waals surface area contributed by atoms with E-state index in [-0.39, 0.29) is 16.7 Å². The van der Waals surface area contributed by atoms with Gasteiger partial charge < -0.3 is 16.2 Å². The molecule has 6 nitrogen and oxygen atoms in total. The molecule has 0 aromatic carbocycles. The van der Waals surface area contributed by atoms with Gasteiger partial charge in [0.05, 0.1) is 4.88 Å². The van der Waals surface area contributed by atoms with Gasteiger partial charge in [0.1, 0.15) is 4.88 Å². The number of unbranched alkanes of at least 4 members (excludes halogenated alkanes) is 1. The lowest BCUT2D eigenvalue weighted by atomic mass is 10.2. The van der Waals surface area contributed by atoms with Gasteiger partial charge in [-0.05, 0) is 25.0 Å². The second-order valence-electron chi connectivity index (χ2n) is 3.65. The number of carbonyl (C=O) groups excluding carboxylic acids is 2. The molecule has 0 atom stereocenters. The molecule has 0 unspecified atom stereocenters. The summed E-state index contributed by atoms with van der Waals surface area (Å²) in [6, 6.07) is 2.88. The number of carboxylic acid groups (broad SMARTS) is 1. The Labute approximate surface area is 108 Å². The zero-order valence-electron chi connectivity index (χ0n) is 9.64. The molecule has 0 fully saturated rings. The molecule has 0 bridgehead atoms. The number of hydrogen-bond donors (Lipinski definition) is 3. The molecule has 98 valence electrons. The summed E-state index contributed by atoms with van der Waals surface area (Å²) in [6.07, 6.45) is 1.59. The smallest absolute Gasteiger partial charge is 0.345 e. The van der Waals surface area contributed by atoms with Gasteiger partial charge in [0.15, 0.2) is 0 Å². The van der Waals surface area contributed by atoms with Crippen LogP contribution in [0.4, 0.5) is 0 Å². The first-order valence-electron chi connectivity index (χ1n) is 5.40. The highest BCUT2D eigenvalue weighted by molar-refractivity contribution is 7.15. The van der Waals surface area contributed by atoms with Crippen molar-refractivity contribution in [1.82, 2.24) is 5.32 Å². The third kappa shape index (κ3) is 4.54. The molecular formula is C11H14N2O4S. The molecular weight excluding hydrogens is 256 g/mol. The van der Waals surface area contributed by atoms with Gasteiger partial charge in [-0.3, -0.25) is 9.59 Å². The fourth-order valence-corrected chi connectivity index (χ4v) is 2.05. The van der Waals surface area contributed by atoms with Crippen molar-refractivity contribution in [3.63, 3.8) is 0 Å². The maximum atomic E-state index is 11.6. The SMILES string of the molecule is NC(=O)CCCCNC(=O)c1ccc(C(=O)O)s1. The molecule has 2 amide bonds. The third-order valence-corrected chi connectivity index (χ3v) is 3.25. The van der Waals surface area contributed by atoms with E-state index >= 15 is 0 Å². The van der Waals surface area contributed by atoms with Gasteiger partial charge in [-0.2, -0.15) is 0 Å². The van der Waals surface area contributed by atoms with Crippen molar-refractivity contribution in [2.75, 3.05) is 6.54 Å². The molecule has 4 N–H and O–H groups in total. The van der Waals surface area contributed by atoms with E-state index < -0.39 is 5.97 Å². The number of carboxylic acids is 1. The summed E-state index contributed by atoms with van der Waals surface area (Å²) >= 11 is 0.932. The quantitative estimate of drug-likeness (QED) is 0.637. The predicted octanol–water partition coefficient (Wildman–Crippen LogP) is 0.832. The Morgan fingerprint density at radius 2 is 1.89 bits per heavy atom. The fourth-order valence-electron chi connectivity index (χ4n) is 1.29. The number of nitrogens with two attached hydrogens (primary N) is 1. The summed E-state index contributed by atoms with van der Waals surface area (Å²) in [5.41, 5.74) is 4.98. The summed E-state index contributed by atoms with van der Waals surface area (Å²) in [6.45, 7) is 0.437. The first kappa shape index (κ1) is 14.2. The molecule has 0 saturated heterocycles. The van der Waals surface area contributed by atoms with Crippen LogP contribution < -0.4 is 11.1 Å². The number of rotatable bonds is 7. The summed E-state index contributed by atoms with van der Waals surface area (Å²) in [5, 5.41) is 11.4. The van der Waals surface area contributed by atoms with Crippen molar-refractivity contribution in [2.45, 2.75) is 19.3 Å². The zero-order chi connectivity index (χ0) is 13.5. The van der Waals surface area contributed by atoms with Gasteiger partial charge in [0, 0.05) is 13.0 Å². The average molecular weight is 270 g/mol. The van der Waals surface area contributed by atoms with E-state index in [1.54, 1.807) is 0 Å². The summed E-state index contributed by atoms with van der Waals surface area (Å²) in [7, 11) is 0. The van der Waals surface area contributed by atoms with Crippen LogP contribution in [-0.2, 0) is 4.79 Å². The van der Waals surface area contributed by atoms with Crippen LogP contribution >= 0.6 is 11.3 Å². The highest BCUT2D eigenvalue weighted by atomic mass is 32.1. The highest BCUT2D eigenvalue weighted by Gasteiger charge is 2.12. The van der Waals surface area contributed by atoms with Crippen molar-refractivity contribution in [3.05, 3.63) is 21.9 Å². The molecule has 1 aromatic rings. The summed E-state index contributed by atoms with van der Waals surface area (Å²) in [4.78, 5) is 33.2. The van der Waals surface area contributed by atoms with Crippen LogP contribution in [0.15, 0.2) is 12.1 Å². The maximum absolute atomic E-state index is 11.6. The lowest BCUT2D eigenvalue weighted by Gasteiger charge is -2.02. The number of primary amides is 1. The fraction of sp³-hybridized carbons (Fsp3) is 0.364. The summed E-state index contributed by atoms with van der Waals surface area (Å²) in [5.74, 6) is -1.70. The molecule has 1 aromatic heterocycles. The Kier molecular flexibility index (Phi) is 5.31. The van der Waals surface area contributed by atoms with Gasteiger partial charge >= 0.3 is 5.97 Å². The lowest BCUT2D eigenvalue weighted by molar-refractivity contribution is -0.118. The Balaban J connectivity index is 2.32.